The molecule has 0 fully saturated rings. The monoisotopic (exact) mass is 448 g/mol. The standard InChI is InChI=1S/C21H28N4O5S/c1-13(2)20(21(26)23-16-5-4-6-17-15(16)12-22-25(17)3)24-31(27,28)14-7-8-18-19(11-14)30-10-9-29-18/h7-8,11-13,16,20,24H,4-6,9-10H2,1-3H3,(H,23,26)/t16-,20+/m0/s1. The van der Waals surface area contributed by atoms with E-state index in [1.54, 1.807) is 12.3 Å². The minimum atomic E-state index is -3.94. The number of nitrogens with zero attached hydrogens (tertiary/aromatic N) is 2. The smallest absolute Gasteiger partial charge is 0.241 e. The first-order valence-corrected chi connectivity index (χ1v) is 12.0. The van der Waals surface area contributed by atoms with Crippen LogP contribution in [0.25, 0.3) is 0 Å². The Kier molecular flexibility index (Phi) is 5.94. The average molecular weight is 449 g/mol. The third kappa shape index (κ3) is 4.40. The highest BCUT2D eigenvalue weighted by molar-refractivity contribution is 7.89. The Bertz CT molecular complexity index is 1080. The third-order valence-electron chi connectivity index (χ3n) is 5.75. The Morgan fingerprint density at radius 1 is 1.23 bits per heavy atom. The molecule has 0 saturated heterocycles. The van der Waals surface area contributed by atoms with Crippen LogP contribution in [0.15, 0.2) is 29.3 Å². The fourth-order valence-corrected chi connectivity index (χ4v) is 5.39. The molecule has 0 bridgehead atoms. The van der Waals surface area contributed by atoms with Crippen molar-refractivity contribution in [2.45, 2.75) is 50.1 Å². The first kappa shape index (κ1) is 21.6. The molecule has 2 aromatic rings. The normalized spacial score (nSPS) is 19.0. The molecule has 0 radical (unpaired) electrons. The fraction of sp³-hybridized carbons (Fsp3) is 0.524. The quantitative estimate of drug-likeness (QED) is 0.696. The number of carbonyl (C=O) groups excluding carboxylic acids is 1. The van der Waals surface area contributed by atoms with Crippen molar-refractivity contribution in [3.8, 4) is 11.5 Å². The van der Waals surface area contributed by atoms with Crippen LogP contribution in [0.5, 0.6) is 11.5 Å². The molecule has 0 unspecified atom stereocenters. The fourth-order valence-electron chi connectivity index (χ4n) is 4.04. The average Bonchev–Trinajstić information content (AvgIpc) is 3.13. The number of nitrogens with one attached hydrogen (secondary N) is 2. The van der Waals surface area contributed by atoms with E-state index in [0.717, 1.165) is 30.5 Å². The Hall–Kier alpha value is -2.59. The Morgan fingerprint density at radius 3 is 2.71 bits per heavy atom. The van der Waals surface area contributed by atoms with E-state index in [0.29, 0.717) is 24.7 Å². The largest absolute Gasteiger partial charge is 0.486 e. The lowest BCUT2D eigenvalue weighted by Gasteiger charge is -2.28. The Labute approximate surface area is 182 Å². The highest BCUT2D eigenvalue weighted by Crippen LogP contribution is 2.32. The van der Waals surface area contributed by atoms with Crippen molar-refractivity contribution in [1.82, 2.24) is 19.8 Å². The Balaban J connectivity index is 1.52. The van der Waals surface area contributed by atoms with E-state index < -0.39 is 16.1 Å². The minimum Gasteiger partial charge on any atom is -0.486 e. The van der Waals surface area contributed by atoms with Crippen LogP contribution in [0.4, 0.5) is 0 Å². The summed E-state index contributed by atoms with van der Waals surface area (Å²) in [6.45, 7) is 4.41. The predicted octanol–water partition coefficient (Wildman–Crippen LogP) is 1.69. The molecule has 1 amide bonds. The lowest BCUT2D eigenvalue weighted by atomic mass is 9.92. The van der Waals surface area contributed by atoms with Gasteiger partial charge in [-0.05, 0) is 37.3 Å². The molecule has 2 atom stereocenters. The summed E-state index contributed by atoms with van der Waals surface area (Å²) in [7, 11) is -2.05. The minimum absolute atomic E-state index is 0.0300. The van der Waals surface area contributed by atoms with Gasteiger partial charge in [-0.25, -0.2) is 8.42 Å². The van der Waals surface area contributed by atoms with Gasteiger partial charge in [0.15, 0.2) is 11.5 Å². The molecular weight excluding hydrogens is 420 g/mol. The Morgan fingerprint density at radius 2 is 1.97 bits per heavy atom. The van der Waals surface area contributed by atoms with Crippen molar-refractivity contribution < 1.29 is 22.7 Å². The van der Waals surface area contributed by atoms with Crippen molar-refractivity contribution in [3.63, 3.8) is 0 Å². The number of sulfonamides is 1. The molecular formula is C21H28N4O5S. The summed E-state index contributed by atoms with van der Waals surface area (Å²) in [6, 6.07) is 3.35. The van der Waals surface area contributed by atoms with E-state index in [9.17, 15) is 13.2 Å². The number of ether oxygens (including phenoxy) is 2. The summed E-state index contributed by atoms with van der Waals surface area (Å²) >= 11 is 0. The van der Waals surface area contributed by atoms with Gasteiger partial charge in [-0.15, -0.1) is 0 Å². The number of hydrogen-bond acceptors (Lipinski definition) is 6. The van der Waals surface area contributed by atoms with Crippen molar-refractivity contribution in [2.75, 3.05) is 13.2 Å². The van der Waals surface area contributed by atoms with Crippen LogP contribution in [0.3, 0.4) is 0 Å². The second kappa shape index (κ2) is 8.51. The molecule has 168 valence electrons. The lowest BCUT2D eigenvalue weighted by molar-refractivity contribution is -0.124. The van der Waals surface area contributed by atoms with Crippen LogP contribution >= 0.6 is 0 Å². The molecule has 1 aliphatic carbocycles. The van der Waals surface area contributed by atoms with Gasteiger partial charge in [0.25, 0.3) is 0 Å². The molecule has 2 N–H and O–H groups in total. The number of fused-ring (bicyclic) bond motifs is 2. The number of benzene rings is 1. The number of aryl methyl sites for hydroxylation is 1. The zero-order valence-corrected chi connectivity index (χ0v) is 18.7. The van der Waals surface area contributed by atoms with E-state index in [2.05, 4.69) is 15.1 Å². The molecule has 1 aromatic heterocycles. The zero-order valence-electron chi connectivity index (χ0n) is 17.9. The van der Waals surface area contributed by atoms with Gasteiger partial charge in [0.1, 0.15) is 19.3 Å². The summed E-state index contributed by atoms with van der Waals surface area (Å²) in [5.41, 5.74) is 2.11. The van der Waals surface area contributed by atoms with E-state index in [1.807, 2.05) is 25.6 Å². The van der Waals surface area contributed by atoms with Crippen LogP contribution in [0.2, 0.25) is 0 Å². The highest BCUT2D eigenvalue weighted by Gasteiger charge is 2.32. The molecule has 4 rings (SSSR count). The van der Waals surface area contributed by atoms with Gasteiger partial charge in [-0.1, -0.05) is 13.8 Å². The number of rotatable bonds is 6. The SMILES string of the molecule is CC(C)[C@@H](NS(=O)(=O)c1ccc2c(c1)OCCO2)C(=O)N[C@H]1CCCc2c1cnn2C. The second-order valence-corrected chi connectivity index (χ2v) is 9.99. The first-order valence-electron chi connectivity index (χ1n) is 10.5. The van der Waals surface area contributed by atoms with Crippen molar-refractivity contribution >= 4 is 15.9 Å². The highest BCUT2D eigenvalue weighted by atomic mass is 32.2. The zero-order chi connectivity index (χ0) is 22.2. The summed E-state index contributed by atoms with van der Waals surface area (Å²) in [6.07, 6.45) is 4.43. The van der Waals surface area contributed by atoms with Gasteiger partial charge in [-0.2, -0.15) is 9.82 Å². The summed E-state index contributed by atoms with van der Waals surface area (Å²) in [5, 5.41) is 7.33. The van der Waals surface area contributed by atoms with E-state index in [-0.39, 0.29) is 22.8 Å². The van der Waals surface area contributed by atoms with Gasteiger partial charge in [0.05, 0.1) is 17.1 Å². The van der Waals surface area contributed by atoms with E-state index in [4.69, 9.17) is 9.47 Å². The predicted molar refractivity (Wildman–Crippen MR) is 113 cm³/mol. The first-order chi connectivity index (χ1) is 14.8. The molecule has 10 heteroatoms. The van der Waals surface area contributed by atoms with Gasteiger partial charge < -0.3 is 14.8 Å². The molecule has 31 heavy (non-hydrogen) atoms. The number of amides is 1. The maximum Gasteiger partial charge on any atom is 0.241 e. The topological polar surface area (TPSA) is 112 Å². The summed E-state index contributed by atoms with van der Waals surface area (Å²) in [4.78, 5) is 13.1. The van der Waals surface area contributed by atoms with Crippen LogP contribution < -0.4 is 19.5 Å². The third-order valence-corrected chi connectivity index (χ3v) is 7.19. The van der Waals surface area contributed by atoms with Gasteiger partial charge >= 0.3 is 0 Å². The molecule has 2 heterocycles. The molecule has 0 spiro atoms. The van der Waals surface area contributed by atoms with E-state index in [1.165, 1.54) is 12.1 Å². The molecule has 2 aliphatic rings. The van der Waals surface area contributed by atoms with Crippen molar-refractivity contribution in [2.24, 2.45) is 13.0 Å². The maximum atomic E-state index is 13.1. The van der Waals surface area contributed by atoms with Crippen LogP contribution in [-0.2, 0) is 28.3 Å². The molecule has 1 aromatic carbocycles. The van der Waals surface area contributed by atoms with Crippen LogP contribution in [0.1, 0.15) is 44.0 Å². The van der Waals surface area contributed by atoms with Crippen LogP contribution in [0, 0.1) is 5.92 Å². The van der Waals surface area contributed by atoms with Gasteiger partial charge in [-0.3, -0.25) is 9.48 Å². The van der Waals surface area contributed by atoms with Crippen molar-refractivity contribution in [3.05, 3.63) is 35.7 Å². The van der Waals surface area contributed by atoms with Crippen LogP contribution in [-0.4, -0.2) is 43.4 Å². The number of hydrogen-bond donors (Lipinski definition) is 2. The summed E-state index contributed by atoms with van der Waals surface area (Å²) < 4.78 is 41.4. The molecule has 9 nitrogen and oxygen atoms in total. The van der Waals surface area contributed by atoms with Gasteiger partial charge in [0.2, 0.25) is 15.9 Å². The lowest BCUT2D eigenvalue weighted by Crippen LogP contribution is -2.50. The summed E-state index contributed by atoms with van der Waals surface area (Å²) in [5.74, 6) is 0.292. The molecule has 1 aliphatic heterocycles. The van der Waals surface area contributed by atoms with E-state index >= 15 is 0 Å². The molecule has 0 saturated carbocycles. The van der Waals surface area contributed by atoms with Crippen molar-refractivity contribution in [1.29, 1.82) is 0 Å². The maximum absolute atomic E-state index is 13.1. The number of carbonyl (C=O) groups is 1. The number of aromatic nitrogens is 2. The second-order valence-electron chi connectivity index (χ2n) is 8.27. The van der Waals surface area contributed by atoms with Gasteiger partial charge in [0, 0.05) is 24.4 Å².